The van der Waals surface area contributed by atoms with Gasteiger partial charge in [0.05, 0.1) is 0 Å². The van der Waals surface area contributed by atoms with Crippen LogP contribution in [0, 0.1) is 0 Å². The topological polar surface area (TPSA) is 29.3 Å². The van der Waals surface area contributed by atoms with E-state index in [-0.39, 0.29) is 5.41 Å². The summed E-state index contributed by atoms with van der Waals surface area (Å²) < 4.78 is 0. The smallest absolute Gasteiger partial charge is 0.0234 e. The van der Waals surface area contributed by atoms with Crippen LogP contribution in [0.2, 0.25) is 0 Å². The van der Waals surface area contributed by atoms with Gasteiger partial charge < -0.3 is 5.73 Å². The molecule has 0 saturated heterocycles. The average molecular weight is 262 g/mol. The van der Waals surface area contributed by atoms with Crippen LogP contribution in [0.4, 0.5) is 0 Å². The highest BCUT2D eigenvalue weighted by Crippen LogP contribution is 2.22. The molecule has 2 heteroatoms. The molecule has 0 atom stereocenters. The number of nitrogens with two attached hydrogens (primary N) is 1. The van der Waals surface area contributed by atoms with Crippen molar-refractivity contribution in [3.63, 3.8) is 0 Å². The minimum Gasteiger partial charge on any atom is -0.329 e. The van der Waals surface area contributed by atoms with Gasteiger partial charge in [-0.15, -0.1) is 0 Å². The van der Waals surface area contributed by atoms with Gasteiger partial charge in [-0.25, -0.2) is 0 Å². The van der Waals surface area contributed by atoms with Crippen molar-refractivity contribution in [3.05, 3.63) is 35.4 Å². The lowest BCUT2D eigenvalue weighted by molar-refractivity contribution is 0.268. The van der Waals surface area contributed by atoms with Crippen molar-refractivity contribution >= 4 is 0 Å². The minimum absolute atomic E-state index is 0.234. The molecule has 0 unspecified atom stereocenters. The van der Waals surface area contributed by atoms with E-state index in [2.05, 4.69) is 56.9 Å². The van der Waals surface area contributed by atoms with Crippen molar-refractivity contribution in [1.82, 2.24) is 4.90 Å². The van der Waals surface area contributed by atoms with Gasteiger partial charge in [0.15, 0.2) is 0 Å². The largest absolute Gasteiger partial charge is 0.329 e. The Labute approximate surface area is 119 Å². The third-order valence-corrected chi connectivity index (χ3v) is 3.50. The number of rotatable bonds is 7. The van der Waals surface area contributed by atoms with Crippen LogP contribution < -0.4 is 5.73 Å². The van der Waals surface area contributed by atoms with E-state index in [0.29, 0.717) is 0 Å². The number of nitrogens with zero attached hydrogens (tertiary/aromatic N) is 1. The van der Waals surface area contributed by atoms with Crippen LogP contribution in [0.5, 0.6) is 0 Å². The Morgan fingerprint density at radius 3 is 2.16 bits per heavy atom. The van der Waals surface area contributed by atoms with Crippen molar-refractivity contribution in [3.8, 4) is 0 Å². The Hall–Kier alpha value is -0.860. The van der Waals surface area contributed by atoms with Gasteiger partial charge in [-0.05, 0) is 29.5 Å². The van der Waals surface area contributed by atoms with E-state index in [0.717, 1.165) is 26.2 Å². The van der Waals surface area contributed by atoms with Crippen LogP contribution in [0.15, 0.2) is 24.3 Å². The lowest BCUT2D eigenvalue weighted by Crippen LogP contribution is -2.30. The van der Waals surface area contributed by atoms with Crippen LogP contribution in [-0.4, -0.2) is 24.5 Å². The van der Waals surface area contributed by atoms with E-state index >= 15 is 0 Å². The molecule has 2 nitrogen and oxygen atoms in total. The first-order chi connectivity index (χ1) is 8.97. The van der Waals surface area contributed by atoms with Gasteiger partial charge in [-0.3, -0.25) is 4.90 Å². The second-order valence-corrected chi connectivity index (χ2v) is 6.37. The lowest BCUT2D eigenvalue weighted by atomic mass is 9.87. The molecule has 0 saturated carbocycles. The Morgan fingerprint density at radius 2 is 1.68 bits per heavy atom. The molecular formula is C17H30N2. The van der Waals surface area contributed by atoms with Crippen molar-refractivity contribution in [2.75, 3.05) is 19.6 Å². The zero-order valence-corrected chi connectivity index (χ0v) is 13.1. The molecule has 0 fully saturated rings. The monoisotopic (exact) mass is 262 g/mol. The fourth-order valence-corrected chi connectivity index (χ4v) is 2.20. The predicted molar refractivity (Wildman–Crippen MR) is 84.4 cm³/mol. The third-order valence-electron chi connectivity index (χ3n) is 3.50. The highest BCUT2D eigenvalue weighted by atomic mass is 15.1. The van der Waals surface area contributed by atoms with Crippen molar-refractivity contribution < 1.29 is 0 Å². The first-order valence-electron chi connectivity index (χ1n) is 7.49. The first kappa shape index (κ1) is 16.2. The molecule has 0 bridgehead atoms. The molecule has 0 aliphatic heterocycles. The molecule has 1 rings (SSSR count). The van der Waals surface area contributed by atoms with Gasteiger partial charge in [-0.1, -0.05) is 58.4 Å². The second kappa shape index (κ2) is 7.66. The summed E-state index contributed by atoms with van der Waals surface area (Å²) in [6, 6.07) is 9.04. The highest BCUT2D eigenvalue weighted by Gasteiger charge is 2.13. The zero-order valence-electron chi connectivity index (χ0n) is 13.1. The maximum atomic E-state index is 5.69. The Balaban J connectivity index is 2.64. The molecule has 0 radical (unpaired) electrons. The molecule has 1 aromatic rings. The highest BCUT2D eigenvalue weighted by molar-refractivity contribution is 5.27. The molecule has 1 aromatic carbocycles. The molecule has 0 aliphatic rings. The standard InChI is InChI=1S/C17H30N2/c1-5-6-12-19(13-11-18)14-15-7-9-16(10-8-15)17(2,3)4/h7-10H,5-6,11-14,18H2,1-4H3. The van der Waals surface area contributed by atoms with Crippen LogP contribution >= 0.6 is 0 Å². The summed E-state index contributed by atoms with van der Waals surface area (Å²) in [6.45, 7) is 12.9. The molecule has 0 aromatic heterocycles. The fraction of sp³-hybridized carbons (Fsp3) is 0.647. The SMILES string of the molecule is CCCCN(CCN)Cc1ccc(C(C)(C)C)cc1. The zero-order chi connectivity index (χ0) is 14.3. The Kier molecular flexibility index (Phi) is 6.53. The van der Waals surface area contributed by atoms with Gasteiger partial charge >= 0.3 is 0 Å². The maximum Gasteiger partial charge on any atom is 0.0234 e. The Morgan fingerprint density at radius 1 is 1.05 bits per heavy atom. The summed E-state index contributed by atoms with van der Waals surface area (Å²) in [4.78, 5) is 2.45. The van der Waals surface area contributed by atoms with E-state index in [9.17, 15) is 0 Å². The van der Waals surface area contributed by atoms with Gasteiger partial charge in [0.25, 0.3) is 0 Å². The Bertz CT molecular complexity index is 349. The van der Waals surface area contributed by atoms with E-state index in [4.69, 9.17) is 5.73 Å². The van der Waals surface area contributed by atoms with Crippen molar-refractivity contribution in [1.29, 1.82) is 0 Å². The minimum atomic E-state index is 0.234. The maximum absolute atomic E-state index is 5.69. The first-order valence-corrected chi connectivity index (χ1v) is 7.49. The summed E-state index contributed by atoms with van der Waals surface area (Å²) in [5, 5.41) is 0. The average Bonchev–Trinajstić information content (AvgIpc) is 2.36. The van der Waals surface area contributed by atoms with Crippen molar-refractivity contribution in [2.24, 2.45) is 5.73 Å². The molecule has 2 N–H and O–H groups in total. The molecule has 0 aliphatic carbocycles. The van der Waals surface area contributed by atoms with Gasteiger partial charge in [0, 0.05) is 19.6 Å². The van der Waals surface area contributed by atoms with E-state index in [1.807, 2.05) is 0 Å². The van der Waals surface area contributed by atoms with Gasteiger partial charge in [0.1, 0.15) is 0 Å². The normalized spacial score (nSPS) is 12.1. The number of hydrogen-bond acceptors (Lipinski definition) is 2. The quantitative estimate of drug-likeness (QED) is 0.814. The van der Waals surface area contributed by atoms with Crippen LogP contribution in [-0.2, 0) is 12.0 Å². The van der Waals surface area contributed by atoms with E-state index < -0.39 is 0 Å². The van der Waals surface area contributed by atoms with Crippen LogP contribution in [0.1, 0.15) is 51.7 Å². The van der Waals surface area contributed by atoms with E-state index in [1.165, 1.54) is 24.0 Å². The van der Waals surface area contributed by atoms with E-state index in [1.54, 1.807) is 0 Å². The molecule has 108 valence electrons. The summed E-state index contributed by atoms with van der Waals surface area (Å²) in [6.07, 6.45) is 2.49. The molecular weight excluding hydrogens is 232 g/mol. The summed E-state index contributed by atoms with van der Waals surface area (Å²) in [5.41, 5.74) is 8.71. The number of hydrogen-bond donors (Lipinski definition) is 1. The fourth-order valence-electron chi connectivity index (χ4n) is 2.20. The summed E-state index contributed by atoms with van der Waals surface area (Å²) in [7, 11) is 0. The van der Waals surface area contributed by atoms with Crippen LogP contribution in [0.25, 0.3) is 0 Å². The van der Waals surface area contributed by atoms with Crippen molar-refractivity contribution in [2.45, 2.75) is 52.5 Å². The predicted octanol–water partition coefficient (Wildman–Crippen LogP) is 3.54. The lowest BCUT2D eigenvalue weighted by Gasteiger charge is -2.23. The van der Waals surface area contributed by atoms with Gasteiger partial charge in [0.2, 0.25) is 0 Å². The number of benzene rings is 1. The van der Waals surface area contributed by atoms with Gasteiger partial charge in [-0.2, -0.15) is 0 Å². The molecule has 0 spiro atoms. The molecule has 0 heterocycles. The molecule has 0 amide bonds. The van der Waals surface area contributed by atoms with Crippen LogP contribution in [0.3, 0.4) is 0 Å². The second-order valence-electron chi connectivity index (χ2n) is 6.37. The molecule has 19 heavy (non-hydrogen) atoms. The third kappa shape index (κ3) is 5.75. The number of unbranched alkanes of at least 4 members (excludes halogenated alkanes) is 1. The summed E-state index contributed by atoms with van der Waals surface area (Å²) >= 11 is 0. The summed E-state index contributed by atoms with van der Waals surface area (Å²) in [5.74, 6) is 0.